The topological polar surface area (TPSA) is 9.23 Å². The van der Waals surface area contributed by atoms with Crippen LogP contribution in [0, 0.1) is 0 Å². The SMILES string of the molecule is c1ccc2c(c1)CCO2.c1ccc2c(c1)ccc1c3c(ccc12)CCCC3. The van der Waals surface area contributed by atoms with Crippen molar-refractivity contribution in [3.63, 3.8) is 0 Å². The third-order valence-corrected chi connectivity index (χ3v) is 5.86. The van der Waals surface area contributed by atoms with Gasteiger partial charge in [-0.15, -0.1) is 0 Å². The van der Waals surface area contributed by atoms with E-state index in [4.69, 9.17) is 4.74 Å². The molecule has 0 aromatic heterocycles. The van der Waals surface area contributed by atoms with Crippen molar-refractivity contribution < 1.29 is 4.74 Å². The lowest BCUT2D eigenvalue weighted by Gasteiger charge is -2.18. The smallest absolute Gasteiger partial charge is 0.122 e. The maximum atomic E-state index is 5.30. The summed E-state index contributed by atoms with van der Waals surface area (Å²) >= 11 is 0. The maximum absolute atomic E-state index is 5.30. The van der Waals surface area contributed by atoms with Crippen LogP contribution in [0.3, 0.4) is 0 Å². The van der Waals surface area contributed by atoms with E-state index in [0.29, 0.717) is 0 Å². The highest BCUT2D eigenvalue weighted by atomic mass is 16.5. The molecule has 0 saturated carbocycles. The molecule has 6 rings (SSSR count). The molecule has 1 aliphatic heterocycles. The normalized spacial score (nSPS) is 14.8. The van der Waals surface area contributed by atoms with E-state index in [-0.39, 0.29) is 0 Å². The summed E-state index contributed by atoms with van der Waals surface area (Å²) in [4.78, 5) is 0. The van der Waals surface area contributed by atoms with Gasteiger partial charge < -0.3 is 4.74 Å². The Morgan fingerprint density at radius 1 is 0.556 bits per heavy atom. The average Bonchev–Trinajstić information content (AvgIpc) is 3.23. The van der Waals surface area contributed by atoms with Gasteiger partial charge in [0.05, 0.1) is 6.61 Å². The van der Waals surface area contributed by atoms with Gasteiger partial charge in [0.2, 0.25) is 0 Å². The molecule has 1 nitrogen and oxygen atoms in total. The second-order valence-corrected chi connectivity index (χ2v) is 7.50. The van der Waals surface area contributed by atoms with Gasteiger partial charge in [-0.2, -0.15) is 0 Å². The first-order chi connectivity index (χ1) is 13.4. The Morgan fingerprint density at radius 2 is 1.37 bits per heavy atom. The van der Waals surface area contributed by atoms with Crippen LogP contribution in [-0.4, -0.2) is 6.61 Å². The molecule has 4 aromatic rings. The second-order valence-electron chi connectivity index (χ2n) is 7.50. The lowest BCUT2D eigenvalue weighted by Crippen LogP contribution is -2.02. The van der Waals surface area contributed by atoms with Crippen molar-refractivity contribution in [1.29, 1.82) is 0 Å². The molecule has 0 N–H and O–H groups in total. The fourth-order valence-corrected chi connectivity index (χ4v) is 4.46. The van der Waals surface area contributed by atoms with E-state index < -0.39 is 0 Å². The Morgan fingerprint density at radius 3 is 2.33 bits per heavy atom. The largest absolute Gasteiger partial charge is 0.493 e. The Kier molecular flexibility index (Phi) is 4.29. The average molecular weight is 352 g/mol. The van der Waals surface area contributed by atoms with Gasteiger partial charge >= 0.3 is 0 Å². The van der Waals surface area contributed by atoms with Crippen LogP contribution >= 0.6 is 0 Å². The summed E-state index contributed by atoms with van der Waals surface area (Å²) in [5.74, 6) is 1.07. The Balaban J connectivity index is 0.000000149. The predicted molar refractivity (Wildman–Crippen MR) is 114 cm³/mol. The molecule has 0 atom stereocenters. The molecule has 0 bridgehead atoms. The number of aryl methyl sites for hydroxylation is 2. The lowest BCUT2D eigenvalue weighted by molar-refractivity contribution is 0.357. The fourth-order valence-electron chi connectivity index (χ4n) is 4.46. The zero-order chi connectivity index (χ0) is 18.1. The molecule has 134 valence electrons. The molecule has 4 aromatic carbocycles. The fraction of sp³-hybridized carbons (Fsp3) is 0.231. The van der Waals surface area contributed by atoms with Crippen LogP contribution in [0.25, 0.3) is 21.5 Å². The molecule has 1 heterocycles. The molecule has 0 spiro atoms. The molecule has 27 heavy (non-hydrogen) atoms. The first-order valence-corrected chi connectivity index (χ1v) is 10.0. The number of fused-ring (bicyclic) bond motifs is 6. The number of ether oxygens (including phenoxy) is 1. The summed E-state index contributed by atoms with van der Waals surface area (Å²) in [7, 11) is 0. The molecule has 1 heteroatoms. The molecule has 0 unspecified atom stereocenters. The summed E-state index contributed by atoms with van der Waals surface area (Å²) in [6.45, 7) is 0.860. The van der Waals surface area contributed by atoms with Crippen molar-refractivity contribution in [3.8, 4) is 5.75 Å². The molecule has 1 aliphatic carbocycles. The highest BCUT2D eigenvalue weighted by Crippen LogP contribution is 2.33. The Bertz CT molecular complexity index is 1090. The molecule has 0 radical (unpaired) electrons. The molecule has 0 saturated heterocycles. The maximum Gasteiger partial charge on any atom is 0.122 e. The van der Waals surface area contributed by atoms with Gasteiger partial charge in [0.1, 0.15) is 5.75 Å². The third kappa shape index (κ3) is 3.08. The molecule has 0 fully saturated rings. The molecule has 2 aliphatic rings. The highest BCUT2D eigenvalue weighted by molar-refractivity contribution is 6.08. The lowest BCUT2D eigenvalue weighted by atomic mass is 9.86. The molecular formula is C26H24O. The number of para-hydroxylation sites is 1. The van der Waals surface area contributed by atoms with E-state index in [1.807, 2.05) is 18.2 Å². The van der Waals surface area contributed by atoms with Crippen molar-refractivity contribution in [2.24, 2.45) is 0 Å². The first-order valence-electron chi connectivity index (χ1n) is 10.0. The molecule has 0 amide bonds. The zero-order valence-electron chi connectivity index (χ0n) is 15.6. The van der Waals surface area contributed by atoms with E-state index >= 15 is 0 Å². The monoisotopic (exact) mass is 352 g/mol. The minimum absolute atomic E-state index is 0.860. The summed E-state index contributed by atoms with van der Waals surface area (Å²) in [6, 6.07) is 26.1. The van der Waals surface area contributed by atoms with Crippen LogP contribution in [0.15, 0.2) is 72.8 Å². The number of benzene rings is 4. The van der Waals surface area contributed by atoms with E-state index in [1.165, 1.54) is 52.8 Å². The van der Waals surface area contributed by atoms with Crippen LogP contribution in [0.4, 0.5) is 0 Å². The molecular weight excluding hydrogens is 328 g/mol. The van der Waals surface area contributed by atoms with Crippen LogP contribution < -0.4 is 4.74 Å². The summed E-state index contributed by atoms with van der Waals surface area (Å²) < 4.78 is 5.30. The predicted octanol–water partition coefficient (Wildman–Crippen LogP) is 6.49. The van der Waals surface area contributed by atoms with Gasteiger partial charge in [-0.1, -0.05) is 66.7 Å². The van der Waals surface area contributed by atoms with Gasteiger partial charge in [0.15, 0.2) is 0 Å². The van der Waals surface area contributed by atoms with E-state index in [0.717, 1.165) is 18.8 Å². The Hall–Kier alpha value is -2.80. The van der Waals surface area contributed by atoms with Gasteiger partial charge in [-0.25, -0.2) is 0 Å². The van der Waals surface area contributed by atoms with Crippen molar-refractivity contribution in [2.45, 2.75) is 32.1 Å². The minimum Gasteiger partial charge on any atom is -0.493 e. The number of hydrogen-bond acceptors (Lipinski definition) is 1. The van der Waals surface area contributed by atoms with E-state index in [1.54, 1.807) is 11.1 Å². The van der Waals surface area contributed by atoms with Crippen LogP contribution in [0.1, 0.15) is 29.5 Å². The van der Waals surface area contributed by atoms with Crippen LogP contribution in [0.5, 0.6) is 5.75 Å². The number of rotatable bonds is 0. The van der Waals surface area contributed by atoms with Crippen molar-refractivity contribution in [2.75, 3.05) is 6.61 Å². The standard InChI is InChI=1S/C18H16.C8H8O/c1-3-7-15-13(5-1)9-11-18-16-8-4-2-6-14(16)10-12-17(15)18;1-2-4-8-7(3-1)5-6-9-8/h1,3,5,7,9-12H,2,4,6,8H2;1-4H,5-6H2. The van der Waals surface area contributed by atoms with Crippen molar-refractivity contribution in [3.05, 3.63) is 89.5 Å². The Labute approximate surface area is 160 Å². The first kappa shape index (κ1) is 16.4. The van der Waals surface area contributed by atoms with E-state index in [2.05, 4.69) is 54.6 Å². The number of hydrogen-bond donors (Lipinski definition) is 0. The summed E-state index contributed by atoms with van der Waals surface area (Å²) in [5, 5.41) is 5.64. The summed E-state index contributed by atoms with van der Waals surface area (Å²) in [6.07, 6.45) is 6.30. The third-order valence-electron chi connectivity index (χ3n) is 5.86. The van der Waals surface area contributed by atoms with Crippen LogP contribution in [-0.2, 0) is 19.3 Å². The zero-order valence-corrected chi connectivity index (χ0v) is 15.6. The highest BCUT2D eigenvalue weighted by Gasteiger charge is 2.13. The minimum atomic E-state index is 0.860. The second kappa shape index (κ2) is 7.08. The van der Waals surface area contributed by atoms with Crippen molar-refractivity contribution >= 4 is 21.5 Å². The van der Waals surface area contributed by atoms with Gasteiger partial charge in [0, 0.05) is 6.42 Å². The van der Waals surface area contributed by atoms with Crippen LogP contribution in [0.2, 0.25) is 0 Å². The quantitative estimate of drug-likeness (QED) is 0.329. The van der Waals surface area contributed by atoms with Gasteiger partial charge in [0.25, 0.3) is 0 Å². The van der Waals surface area contributed by atoms with Crippen molar-refractivity contribution in [1.82, 2.24) is 0 Å². The van der Waals surface area contributed by atoms with E-state index in [9.17, 15) is 0 Å². The van der Waals surface area contributed by atoms with Gasteiger partial charge in [-0.3, -0.25) is 0 Å². The summed E-state index contributed by atoms with van der Waals surface area (Å²) in [5.41, 5.74) is 4.52. The van der Waals surface area contributed by atoms with Gasteiger partial charge in [-0.05, 0) is 70.0 Å².